The van der Waals surface area contributed by atoms with Gasteiger partial charge in [0.05, 0.1) is 17.0 Å². The Labute approximate surface area is 118 Å². The molecular weight excluding hydrogens is 284 g/mol. The summed E-state index contributed by atoms with van der Waals surface area (Å²) >= 11 is 0. The van der Waals surface area contributed by atoms with Gasteiger partial charge in [-0.25, -0.2) is 13.2 Å². The van der Waals surface area contributed by atoms with Crippen molar-refractivity contribution >= 4 is 21.8 Å². The Balaban J connectivity index is 1.89. The highest BCUT2D eigenvalue weighted by atomic mass is 32.2. The molecule has 20 heavy (non-hydrogen) atoms. The van der Waals surface area contributed by atoms with Gasteiger partial charge in [-0.05, 0) is 25.7 Å². The van der Waals surface area contributed by atoms with E-state index in [4.69, 9.17) is 5.11 Å². The van der Waals surface area contributed by atoms with Crippen LogP contribution in [-0.4, -0.2) is 60.6 Å². The van der Waals surface area contributed by atoms with Crippen LogP contribution in [0, 0.1) is 5.92 Å². The summed E-state index contributed by atoms with van der Waals surface area (Å²) in [4.78, 5) is 24.3. The lowest BCUT2D eigenvalue weighted by Crippen LogP contribution is -2.51. The molecule has 2 unspecified atom stereocenters. The average Bonchev–Trinajstić information content (AvgIpc) is 2.83. The molecule has 2 rings (SSSR count). The van der Waals surface area contributed by atoms with Gasteiger partial charge in [-0.1, -0.05) is 0 Å². The number of rotatable bonds is 3. The summed E-state index contributed by atoms with van der Waals surface area (Å²) in [7, 11) is -3.06. The Morgan fingerprint density at radius 1 is 1.45 bits per heavy atom. The maximum atomic E-state index is 12.1. The first-order chi connectivity index (χ1) is 9.19. The Morgan fingerprint density at radius 2 is 2.15 bits per heavy atom. The van der Waals surface area contributed by atoms with Crippen molar-refractivity contribution in [2.75, 3.05) is 24.6 Å². The molecule has 2 aliphatic heterocycles. The van der Waals surface area contributed by atoms with Crippen molar-refractivity contribution in [3.05, 3.63) is 0 Å². The van der Waals surface area contributed by atoms with Crippen LogP contribution >= 0.6 is 0 Å². The molecule has 0 spiro atoms. The van der Waals surface area contributed by atoms with Gasteiger partial charge in [0.1, 0.15) is 0 Å². The molecule has 8 heteroatoms. The lowest BCUT2D eigenvalue weighted by atomic mass is 10.0. The molecule has 2 atom stereocenters. The van der Waals surface area contributed by atoms with Gasteiger partial charge >= 0.3 is 12.0 Å². The summed E-state index contributed by atoms with van der Waals surface area (Å²) < 4.78 is 23.0. The van der Waals surface area contributed by atoms with Gasteiger partial charge in [-0.3, -0.25) is 4.79 Å². The quantitative estimate of drug-likeness (QED) is 0.768. The van der Waals surface area contributed by atoms with Crippen LogP contribution in [0.4, 0.5) is 4.79 Å². The molecule has 2 amide bonds. The Hall–Kier alpha value is -1.31. The second-order valence-corrected chi connectivity index (χ2v) is 8.22. The molecule has 0 aromatic heterocycles. The van der Waals surface area contributed by atoms with Crippen molar-refractivity contribution in [3.8, 4) is 0 Å². The Bertz CT molecular complexity index is 518. The van der Waals surface area contributed by atoms with E-state index < -0.39 is 21.3 Å². The number of carbonyl (C=O) groups is 2. The van der Waals surface area contributed by atoms with Crippen LogP contribution in [0.1, 0.15) is 26.2 Å². The van der Waals surface area contributed by atoms with Crippen molar-refractivity contribution in [2.45, 2.75) is 31.7 Å². The molecule has 2 fully saturated rings. The molecule has 2 aliphatic rings. The summed E-state index contributed by atoms with van der Waals surface area (Å²) in [5, 5.41) is 11.5. The molecule has 0 saturated carbocycles. The molecule has 114 valence electrons. The second kappa shape index (κ2) is 5.23. The summed E-state index contributed by atoms with van der Waals surface area (Å²) in [6.45, 7) is 2.67. The van der Waals surface area contributed by atoms with E-state index in [0.29, 0.717) is 25.9 Å². The number of nitrogens with one attached hydrogen (secondary N) is 1. The zero-order chi connectivity index (χ0) is 15.0. The van der Waals surface area contributed by atoms with Crippen molar-refractivity contribution in [1.82, 2.24) is 10.2 Å². The Morgan fingerprint density at radius 3 is 2.70 bits per heavy atom. The zero-order valence-corrected chi connectivity index (χ0v) is 12.3. The normalized spacial score (nSPS) is 32.2. The predicted octanol–water partition coefficient (Wildman–Crippen LogP) is 0.0698. The number of hydrogen-bond acceptors (Lipinski definition) is 4. The van der Waals surface area contributed by atoms with Crippen LogP contribution in [0.15, 0.2) is 0 Å². The van der Waals surface area contributed by atoms with Crippen LogP contribution in [0.25, 0.3) is 0 Å². The Kier molecular flexibility index (Phi) is 3.95. The van der Waals surface area contributed by atoms with Crippen LogP contribution < -0.4 is 5.32 Å². The van der Waals surface area contributed by atoms with Crippen molar-refractivity contribution in [1.29, 1.82) is 0 Å². The maximum Gasteiger partial charge on any atom is 0.317 e. The van der Waals surface area contributed by atoms with Crippen LogP contribution in [0.2, 0.25) is 0 Å². The lowest BCUT2D eigenvalue weighted by Gasteiger charge is -2.27. The van der Waals surface area contributed by atoms with E-state index in [1.807, 2.05) is 0 Å². The van der Waals surface area contributed by atoms with Gasteiger partial charge in [0.15, 0.2) is 9.84 Å². The molecule has 0 aromatic rings. The second-order valence-electron chi connectivity index (χ2n) is 6.03. The van der Waals surface area contributed by atoms with E-state index in [0.717, 1.165) is 0 Å². The van der Waals surface area contributed by atoms with E-state index in [9.17, 15) is 18.0 Å². The highest BCUT2D eigenvalue weighted by Crippen LogP contribution is 2.25. The molecule has 2 N–H and O–H groups in total. The number of nitrogens with zero attached hydrogens (tertiary/aromatic N) is 1. The topological polar surface area (TPSA) is 104 Å². The molecular formula is C12H20N2O5S. The number of sulfone groups is 1. The number of carboxylic acid groups (broad SMARTS) is 1. The van der Waals surface area contributed by atoms with Crippen LogP contribution in [0.5, 0.6) is 0 Å². The van der Waals surface area contributed by atoms with Gasteiger partial charge in [0.2, 0.25) is 0 Å². The van der Waals surface area contributed by atoms with Crippen molar-refractivity contribution in [3.63, 3.8) is 0 Å². The van der Waals surface area contributed by atoms with Crippen molar-refractivity contribution < 1.29 is 23.1 Å². The summed E-state index contributed by atoms with van der Waals surface area (Å²) in [5.41, 5.74) is -0.708. The molecule has 0 radical (unpaired) electrons. The standard InChI is InChI=1S/C12H20N2O5S/c1-12(3-5-20(18,19)8-12)13-11(17)14-4-2-9(7-14)6-10(15)16/h9H,2-8H2,1H3,(H,13,17)(H,15,16). The molecule has 0 aliphatic carbocycles. The number of hydrogen-bond donors (Lipinski definition) is 2. The summed E-state index contributed by atoms with van der Waals surface area (Å²) in [6, 6.07) is -0.294. The van der Waals surface area contributed by atoms with Gasteiger partial charge < -0.3 is 15.3 Å². The number of urea groups is 1. The van der Waals surface area contributed by atoms with Crippen LogP contribution in [-0.2, 0) is 14.6 Å². The monoisotopic (exact) mass is 304 g/mol. The molecule has 2 heterocycles. The maximum absolute atomic E-state index is 12.1. The molecule has 7 nitrogen and oxygen atoms in total. The minimum atomic E-state index is -3.06. The summed E-state index contributed by atoms with van der Waals surface area (Å²) in [6.07, 6.45) is 1.16. The first-order valence-corrected chi connectivity index (χ1v) is 8.51. The zero-order valence-electron chi connectivity index (χ0n) is 11.5. The number of aliphatic carboxylic acids is 1. The third kappa shape index (κ3) is 3.62. The molecule has 2 saturated heterocycles. The number of amides is 2. The van der Waals surface area contributed by atoms with Crippen molar-refractivity contribution in [2.24, 2.45) is 5.92 Å². The van der Waals surface area contributed by atoms with Crippen LogP contribution in [0.3, 0.4) is 0 Å². The minimum absolute atomic E-state index is 0.0154. The number of carboxylic acids is 1. The first kappa shape index (κ1) is 15.1. The number of likely N-dealkylation sites (tertiary alicyclic amines) is 1. The first-order valence-electron chi connectivity index (χ1n) is 6.68. The predicted molar refractivity (Wildman–Crippen MR) is 72.1 cm³/mol. The third-order valence-electron chi connectivity index (χ3n) is 3.95. The van der Waals surface area contributed by atoms with E-state index in [2.05, 4.69) is 5.32 Å². The largest absolute Gasteiger partial charge is 0.481 e. The van der Waals surface area contributed by atoms with Gasteiger partial charge in [-0.15, -0.1) is 0 Å². The SMILES string of the molecule is CC1(NC(=O)N2CCC(CC(=O)O)C2)CCS(=O)(=O)C1. The van der Waals surface area contributed by atoms with E-state index in [-0.39, 0.29) is 29.9 Å². The van der Waals surface area contributed by atoms with E-state index in [1.54, 1.807) is 11.8 Å². The number of carbonyl (C=O) groups excluding carboxylic acids is 1. The fourth-order valence-corrected chi connectivity index (χ4v) is 4.97. The molecule has 0 aromatic carbocycles. The smallest absolute Gasteiger partial charge is 0.317 e. The minimum Gasteiger partial charge on any atom is -0.481 e. The van der Waals surface area contributed by atoms with E-state index in [1.165, 1.54) is 0 Å². The van der Waals surface area contributed by atoms with Gasteiger partial charge in [-0.2, -0.15) is 0 Å². The average molecular weight is 304 g/mol. The molecule has 0 bridgehead atoms. The third-order valence-corrected chi connectivity index (χ3v) is 5.85. The lowest BCUT2D eigenvalue weighted by molar-refractivity contribution is -0.138. The summed E-state index contributed by atoms with van der Waals surface area (Å²) in [5.74, 6) is -0.798. The van der Waals surface area contributed by atoms with Gasteiger partial charge in [0, 0.05) is 19.5 Å². The van der Waals surface area contributed by atoms with E-state index >= 15 is 0 Å². The highest BCUT2D eigenvalue weighted by molar-refractivity contribution is 7.91. The fraction of sp³-hybridized carbons (Fsp3) is 0.833. The highest BCUT2D eigenvalue weighted by Gasteiger charge is 2.41. The van der Waals surface area contributed by atoms with Gasteiger partial charge in [0.25, 0.3) is 0 Å². The fourth-order valence-electron chi connectivity index (χ4n) is 2.88.